The number of allylic oxidation sites excluding steroid dienone is 2. The summed E-state index contributed by atoms with van der Waals surface area (Å²) in [6.07, 6.45) is 8.01. The largest absolute Gasteiger partial charge is 0.366 e. The fourth-order valence-corrected chi connectivity index (χ4v) is 5.99. The zero-order valence-electron chi connectivity index (χ0n) is 14.7. The van der Waals surface area contributed by atoms with Gasteiger partial charge in [-0.1, -0.05) is 39.3 Å². The van der Waals surface area contributed by atoms with Crippen LogP contribution in [0.1, 0.15) is 66.7 Å². The van der Waals surface area contributed by atoms with Crippen LogP contribution in [0.2, 0.25) is 0 Å². The van der Waals surface area contributed by atoms with E-state index in [4.69, 9.17) is 4.74 Å². The Kier molecular flexibility index (Phi) is 2.89. The van der Waals surface area contributed by atoms with Crippen molar-refractivity contribution in [1.82, 2.24) is 0 Å². The number of ketones is 1. The predicted molar refractivity (Wildman–Crippen MR) is 87.5 cm³/mol. The van der Waals surface area contributed by atoms with E-state index in [0.29, 0.717) is 29.6 Å². The van der Waals surface area contributed by atoms with Crippen LogP contribution in [0.25, 0.3) is 0 Å². The molecule has 4 aliphatic rings. The summed E-state index contributed by atoms with van der Waals surface area (Å²) in [6, 6.07) is 0. The molecule has 0 aromatic heterocycles. The molecule has 6 unspecified atom stereocenters. The Balaban J connectivity index is 1.76. The molecule has 3 aliphatic carbocycles. The van der Waals surface area contributed by atoms with Crippen LogP contribution in [-0.2, 0) is 9.53 Å². The molecular formula is C20H30O2. The molecule has 1 saturated heterocycles. The van der Waals surface area contributed by atoms with Crippen molar-refractivity contribution in [3.63, 3.8) is 0 Å². The van der Waals surface area contributed by atoms with Crippen molar-refractivity contribution < 1.29 is 9.53 Å². The summed E-state index contributed by atoms with van der Waals surface area (Å²) in [5, 5.41) is 0. The highest BCUT2D eigenvalue weighted by Crippen LogP contribution is 2.65. The van der Waals surface area contributed by atoms with Gasteiger partial charge in [0.2, 0.25) is 0 Å². The van der Waals surface area contributed by atoms with E-state index < -0.39 is 0 Å². The van der Waals surface area contributed by atoms with E-state index in [0.717, 1.165) is 19.3 Å². The zero-order chi connectivity index (χ0) is 15.9. The van der Waals surface area contributed by atoms with Crippen LogP contribution in [-0.4, -0.2) is 17.5 Å². The molecule has 2 saturated carbocycles. The average molecular weight is 302 g/mol. The van der Waals surface area contributed by atoms with Crippen LogP contribution in [0.5, 0.6) is 0 Å². The molecule has 0 amide bonds. The first-order chi connectivity index (χ1) is 10.2. The first-order valence-corrected chi connectivity index (χ1v) is 9.11. The molecule has 2 heteroatoms. The van der Waals surface area contributed by atoms with Gasteiger partial charge in [-0.2, -0.15) is 0 Å². The van der Waals surface area contributed by atoms with Crippen LogP contribution in [0, 0.1) is 28.6 Å². The summed E-state index contributed by atoms with van der Waals surface area (Å²) in [4.78, 5) is 13.1. The van der Waals surface area contributed by atoms with Gasteiger partial charge in [0.15, 0.2) is 0 Å². The van der Waals surface area contributed by atoms with Gasteiger partial charge in [0.25, 0.3) is 0 Å². The summed E-state index contributed by atoms with van der Waals surface area (Å²) in [5.41, 5.74) is 1.69. The number of fused-ring (bicyclic) bond motifs is 4. The van der Waals surface area contributed by atoms with Crippen molar-refractivity contribution in [3.05, 3.63) is 11.6 Å². The van der Waals surface area contributed by atoms with Crippen LogP contribution >= 0.6 is 0 Å². The lowest BCUT2D eigenvalue weighted by Gasteiger charge is -2.52. The van der Waals surface area contributed by atoms with E-state index in [2.05, 4.69) is 40.7 Å². The molecule has 0 bridgehead atoms. The van der Waals surface area contributed by atoms with E-state index in [9.17, 15) is 4.79 Å². The van der Waals surface area contributed by atoms with Crippen molar-refractivity contribution in [1.29, 1.82) is 0 Å². The Labute approximate surface area is 134 Å². The van der Waals surface area contributed by atoms with Crippen LogP contribution in [0.3, 0.4) is 0 Å². The van der Waals surface area contributed by atoms with Gasteiger partial charge >= 0.3 is 0 Å². The molecule has 1 aliphatic heterocycles. The minimum absolute atomic E-state index is 0.111. The quantitative estimate of drug-likeness (QED) is 0.526. The summed E-state index contributed by atoms with van der Waals surface area (Å²) in [5.74, 6) is 2.19. The van der Waals surface area contributed by atoms with Crippen molar-refractivity contribution in [2.75, 3.05) is 0 Å². The number of ether oxygens (including phenoxy) is 1. The Morgan fingerprint density at radius 3 is 2.68 bits per heavy atom. The van der Waals surface area contributed by atoms with Gasteiger partial charge in [-0.05, 0) is 55.8 Å². The van der Waals surface area contributed by atoms with Gasteiger partial charge in [0, 0.05) is 11.8 Å². The first kappa shape index (κ1) is 14.9. The molecule has 2 nitrogen and oxygen atoms in total. The molecule has 122 valence electrons. The maximum atomic E-state index is 13.1. The number of Topliss-reactive ketones (excluding diaryl/α,β-unsaturated/α-hetero) is 1. The van der Waals surface area contributed by atoms with Crippen molar-refractivity contribution in [3.8, 4) is 0 Å². The number of hydrogen-bond donors (Lipinski definition) is 0. The normalized spacial score (nSPS) is 53.5. The standard InChI is InChI=1S/C20H30O2/c1-12(2)13-6-8-19(4)15(21)10-18(3)11-16-20(5,22-16)9-7-14(18)17(13)19/h6,12,14,16-17H,7-11H2,1-5H3. The van der Waals surface area contributed by atoms with Gasteiger partial charge in [-0.25, -0.2) is 0 Å². The Morgan fingerprint density at radius 1 is 1.27 bits per heavy atom. The lowest BCUT2D eigenvalue weighted by molar-refractivity contribution is -0.143. The minimum Gasteiger partial charge on any atom is -0.366 e. The number of rotatable bonds is 1. The number of hydrogen-bond acceptors (Lipinski definition) is 2. The molecule has 0 aromatic rings. The molecular weight excluding hydrogens is 272 g/mol. The summed E-state index contributed by atoms with van der Waals surface area (Å²) in [6.45, 7) is 11.5. The van der Waals surface area contributed by atoms with Gasteiger partial charge in [-0.15, -0.1) is 0 Å². The van der Waals surface area contributed by atoms with E-state index >= 15 is 0 Å². The smallest absolute Gasteiger partial charge is 0.140 e. The van der Waals surface area contributed by atoms with E-state index in [-0.39, 0.29) is 16.4 Å². The molecule has 3 fully saturated rings. The van der Waals surface area contributed by atoms with Gasteiger partial charge in [0.05, 0.1) is 11.7 Å². The van der Waals surface area contributed by atoms with Crippen molar-refractivity contribution in [2.45, 2.75) is 78.4 Å². The van der Waals surface area contributed by atoms with E-state index in [1.807, 2.05) is 0 Å². The third-order valence-corrected chi connectivity index (χ3v) is 7.61. The number of epoxide rings is 1. The Morgan fingerprint density at radius 2 is 2.00 bits per heavy atom. The van der Waals surface area contributed by atoms with Gasteiger partial charge in [-0.3, -0.25) is 4.79 Å². The molecule has 4 rings (SSSR count). The second-order valence-electron chi connectivity index (χ2n) is 9.48. The molecule has 0 spiro atoms. The lowest BCUT2D eigenvalue weighted by Crippen LogP contribution is -2.51. The molecule has 0 aromatic carbocycles. The highest BCUT2D eigenvalue weighted by atomic mass is 16.6. The first-order valence-electron chi connectivity index (χ1n) is 9.11. The topological polar surface area (TPSA) is 29.6 Å². The predicted octanol–water partition coefficient (Wildman–Crippen LogP) is 4.53. The Bertz CT molecular complexity index is 562. The van der Waals surface area contributed by atoms with Crippen molar-refractivity contribution in [2.24, 2.45) is 28.6 Å². The molecule has 0 N–H and O–H groups in total. The highest BCUT2D eigenvalue weighted by molar-refractivity contribution is 5.88. The van der Waals surface area contributed by atoms with Crippen LogP contribution in [0.15, 0.2) is 11.6 Å². The second kappa shape index (κ2) is 4.26. The fraction of sp³-hybridized carbons (Fsp3) is 0.850. The molecule has 0 radical (unpaired) electrons. The van der Waals surface area contributed by atoms with Crippen molar-refractivity contribution >= 4 is 5.78 Å². The van der Waals surface area contributed by atoms with Gasteiger partial charge in [0.1, 0.15) is 5.78 Å². The van der Waals surface area contributed by atoms with Crippen LogP contribution in [0.4, 0.5) is 0 Å². The second-order valence-corrected chi connectivity index (χ2v) is 9.48. The minimum atomic E-state index is -0.125. The average Bonchev–Trinajstić information content (AvgIpc) is 2.89. The lowest BCUT2D eigenvalue weighted by atomic mass is 9.50. The number of carbonyl (C=O) groups is 1. The number of carbonyl (C=O) groups excluding carboxylic acids is 1. The Hall–Kier alpha value is -0.630. The monoisotopic (exact) mass is 302 g/mol. The SMILES string of the molecule is CC(C)C1=CCC2(C)C(=O)CC3(C)CC4OC4(C)CCC3C12. The third kappa shape index (κ3) is 1.79. The summed E-state index contributed by atoms with van der Waals surface area (Å²) in [7, 11) is 0. The third-order valence-electron chi connectivity index (χ3n) is 7.61. The fourth-order valence-electron chi connectivity index (χ4n) is 5.99. The molecule has 1 heterocycles. The molecule has 22 heavy (non-hydrogen) atoms. The maximum Gasteiger partial charge on any atom is 0.140 e. The zero-order valence-corrected chi connectivity index (χ0v) is 14.7. The van der Waals surface area contributed by atoms with Crippen LogP contribution < -0.4 is 0 Å². The highest BCUT2D eigenvalue weighted by Gasteiger charge is 2.65. The maximum absolute atomic E-state index is 13.1. The van der Waals surface area contributed by atoms with Gasteiger partial charge < -0.3 is 4.74 Å². The van der Waals surface area contributed by atoms with E-state index in [1.54, 1.807) is 5.57 Å². The summed E-state index contributed by atoms with van der Waals surface area (Å²) < 4.78 is 5.98. The van der Waals surface area contributed by atoms with E-state index in [1.165, 1.54) is 12.8 Å². The molecule has 6 atom stereocenters. The summed E-state index contributed by atoms with van der Waals surface area (Å²) >= 11 is 0.